The first kappa shape index (κ1) is 18.6. The number of anilines is 1. The van der Waals surface area contributed by atoms with Crippen LogP contribution in [0.25, 0.3) is 0 Å². The van der Waals surface area contributed by atoms with E-state index in [2.05, 4.69) is 15.7 Å². The van der Waals surface area contributed by atoms with E-state index in [0.717, 1.165) is 11.1 Å². The maximum Gasteiger partial charge on any atom is 0.267 e. The van der Waals surface area contributed by atoms with Gasteiger partial charge in [0.2, 0.25) is 11.8 Å². The second-order valence-electron chi connectivity index (χ2n) is 6.29. The molecule has 1 atom stereocenters. The van der Waals surface area contributed by atoms with Gasteiger partial charge in [-0.05, 0) is 38.0 Å². The van der Waals surface area contributed by atoms with Crippen molar-refractivity contribution in [1.29, 1.82) is 0 Å². The summed E-state index contributed by atoms with van der Waals surface area (Å²) in [4.78, 5) is 36.1. The second-order valence-corrected chi connectivity index (χ2v) is 6.29. The molecule has 1 unspecified atom stereocenters. The molecule has 0 spiro atoms. The van der Waals surface area contributed by atoms with Gasteiger partial charge in [0.1, 0.15) is 5.71 Å². The summed E-state index contributed by atoms with van der Waals surface area (Å²) in [6.45, 7) is 5.59. The Morgan fingerprint density at radius 3 is 2.68 bits per heavy atom. The van der Waals surface area contributed by atoms with E-state index in [-0.39, 0.29) is 36.6 Å². The number of nitrogens with zero attached hydrogens (tertiary/aromatic N) is 2. The highest BCUT2D eigenvalue weighted by atomic mass is 16.2. The lowest BCUT2D eigenvalue weighted by atomic mass is 10.1. The minimum Gasteiger partial charge on any atom is -0.359 e. The Labute approximate surface area is 147 Å². The first-order chi connectivity index (χ1) is 11.8. The SMILES string of the molecule is CNC(=O)CC(C)NC(=O)C1=NN(c2cc(C)ccc2C)C(=O)CC1. The van der Waals surface area contributed by atoms with Gasteiger partial charge in [-0.1, -0.05) is 12.1 Å². The molecule has 0 saturated carbocycles. The number of hydrazone groups is 1. The summed E-state index contributed by atoms with van der Waals surface area (Å²) in [6.07, 6.45) is 0.706. The molecular weight excluding hydrogens is 320 g/mol. The lowest BCUT2D eigenvalue weighted by Gasteiger charge is -2.25. The van der Waals surface area contributed by atoms with Gasteiger partial charge in [0.15, 0.2) is 0 Å². The third kappa shape index (κ3) is 4.65. The summed E-state index contributed by atoms with van der Waals surface area (Å²) in [5, 5.41) is 10.9. The molecular formula is C18H24N4O3. The number of carbonyl (C=O) groups is 3. The van der Waals surface area contributed by atoms with Crippen LogP contribution >= 0.6 is 0 Å². The van der Waals surface area contributed by atoms with Gasteiger partial charge in [-0.3, -0.25) is 14.4 Å². The number of amides is 3. The summed E-state index contributed by atoms with van der Waals surface area (Å²) in [6, 6.07) is 5.45. The molecule has 7 heteroatoms. The monoisotopic (exact) mass is 344 g/mol. The zero-order valence-electron chi connectivity index (χ0n) is 15.0. The summed E-state index contributed by atoms with van der Waals surface area (Å²) >= 11 is 0. The molecule has 1 aliphatic rings. The number of rotatable bonds is 5. The molecule has 0 aliphatic carbocycles. The Kier molecular flexibility index (Phi) is 5.90. The summed E-state index contributed by atoms with van der Waals surface area (Å²) < 4.78 is 0. The van der Waals surface area contributed by atoms with Crippen LogP contribution in [0.3, 0.4) is 0 Å². The van der Waals surface area contributed by atoms with E-state index in [1.54, 1.807) is 14.0 Å². The van der Waals surface area contributed by atoms with Gasteiger partial charge in [0, 0.05) is 32.4 Å². The average Bonchev–Trinajstić information content (AvgIpc) is 2.57. The third-order valence-electron chi connectivity index (χ3n) is 4.04. The average molecular weight is 344 g/mol. The zero-order chi connectivity index (χ0) is 18.6. The van der Waals surface area contributed by atoms with E-state index >= 15 is 0 Å². The third-order valence-corrected chi connectivity index (χ3v) is 4.04. The summed E-state index contributed by atoms with van der Waals surface area (Å²) in [7, 11) is 1.55. The number of hydrogen-bond acceptors (Lipinski definition) is 4. The van der Waals surface area contributed by atoms with Crippen LogP contribution in [0.2, 0.25) is 0 Å². The van der Waals surface area contributed by atoms with Crippen LogP contribution in [0.4, 0.5) is 5.69 Å². The number of carbonyl (C=O) groups excluding carboxylic acids is 3. The van der Waals surface area contributed by atoms with Gasteiger partial charge in [-0.25, -0.2) is 5.01 Å². The van der Waals surface area contributed by atoms with E-state index in [9.17, 15) is 14.4 Å². The Hall–Kier alpha value is -2.70. The summed E-state index contributed by atoms with van der Waals surface area (Å²) in [5.41, 5.74) is 2.91. The van der Waals surface area contributed by atoms with Gasteiger partial charge in [-0.2, -0.15) is 5.10 Å². The first-order valence-electron chi connectivity index (χ1n) is 8.31. The normalized spacial score (nSPS) is 15.4. The van der Waals surface area contributed by atoms with Crippen LogP contribution in [0.1, 0.15) is 37.3 Å². The number of nitrogens with one attached hydrogen (secondary N) is 2. The Morgan fingerprint density at radius 2 is 2.00 bits per heavy atom. The fourth-order valence-electron chi connectivity index (χ4n) is 2.59. The molecule has 25 heavy (non-hydrogen) atoms. The van der Waals surface area contributed by atoms with Crippen molar-refractivity contribution in [3.63, 3.8) is 0 Å². The molecule has 134 valence electrons. The molecule has 1 aromatic rings. The highest BCUT2D eigenvalue weighted by Gasteiger charge is 2.27. The van der Waals surface area contributed by atoms with Crippen molar-refractivity contribution in [2.75, 3.05) is 12.1 Å². The smallest absolute Gasteiger partial charge is 0.267 e. The lowest BCUT2D eigenvalue weighted by Crippen LogP contribution is -2.43. The number of benzene rings is 1. The minimum atomic E-state index is -0.348. The van der Waals surface area contributed by atoms with Gasteiger partial charge in [0.25, 0.3) is 5.91 Å². The van der Waals surface area contributed by atoms with Gasteiger partial charge in [-0.15, -0.1) is 0 Å². The molecule has 0 fully saturated rings. The van der Waals surface area contributed by atoms with Crippen molar-refractivity contribution in [2.24, 2.45) is 5.10 Å². The van der Waals surface area contributed by atoms with Crippen molar-refractivity contribution in [1.82, 2.24) is 10.6 Å². The van der Waals surface area contributed by atoms with Crippen molar-refractivity contribution < 1.29 is 14.4 Å². The number of hydrogen-bond donors (Lipinski definition) is 2. The highest BCUT2D eigenvalue weighted by molar-refractivity contribution is 6.40. The van der Waals surface area contributed by atoms with Crippen LogP contribution in [0, 0.1) is 13.8 Å². The summed E-state index contributed by atoms with van der Waals surface area (Å²) in [5.74, 6) is -0.631. The number of aryl methyl sites for hydroxylation is 2. The van der Waals surface area contributed by atoms with E-state index in [4.69, 9.17) is 0 Å². The van der Waals surface area contributed by atoms with Crippen molar-refractivity contribution >= 4 is 29.1 Å². The van der Waals surface area contributed by atoms with Crippen LogP contribution in [-0.2, 0) is 14.4 Å². The van der Waals surface area contributed by atoms with Crippen LogP contribution < -0.4 is 15.6 Å². The molecule has 7 nitrogen and oxygen atoms in total. The molecule has 0 bridgehead atoms. The molecule has 1 aliphatic heterocycles. The fourth-order valence-corrected chi connectivity index (χ4v) is 2.59. The Bertz CT molecular complexity index is 727. The van der Waals surface area contributed by atoms with Gasteiger partial charge < -0.3 is 10.6 Å². The first-order valence-corrected chi connectivity index (χ1v) is 8.31. The topological polar surface area (TPSA) is 90.9 Å². The largest absolute Gasteiger partial charge is 0.359 e. The predicted molar refractivity (Wildman–Crippen MR) is 96.4 cm³/mol. The van der Waals surface area contributed by atoms with Crippen LogP contribution in [-0.4, -0.2) is 36.5 Å². The second kappa shape index (κ2) is 7.92. The maximum absolute atomic E-state index is 12.4. The maximum atomic E-state index is 12.4. The van der Waals surface area contributed by atoms with E-state index in [0.29, 0.717) is 17.8 Å². The zero-order valence-corrected chi connectivity index (χ0v) is 15.0. The van der Waals surface area contributed by atoms with Gasteiger partial charge >= 0.3 is 0 Å². The highest BCUT2D eigenvalue weighted by Crippen LogP contribution is 2.25. The molecule has 0 saturated heterocycles. The van der Waals surface area contributed by atoms with Crippen molar-refractivity contribution in [3.05, 3.63) is 29.3 Å². The van der Waals surface area contributed by atoms with Crippen LogP contribution in [0.15, 0.2) is 23.3 Å². The van der Waals surface area contributed by atoms with E-state index in [1.165, 1.54) is 5.01 Å². The fraction of sp³-hybridized carbons (Fsp3) is 0.444. The Balaban J connectivity index is 2.18. The molecule has 2 N–H and O–H groups in total. The molecule has 0 radical (unpaired) electrons. The Morgan fingerprint density at radius 1 is 1.28 bits per heavy atom. The predicted octanol–water partition coefficient (Wildman–Crippen LogP) is 1.43. The molecule has 3 amide bonds. The van der Waals surface area contributed by atoms with Crippen molar-refractivity contribution in [3.8, 4) is 0 Å². The molecule has 2 rings (SSSR count). The van der Waals surface area contributed by atoms with E-state index < -0.39 is 0 Å². The molecule has 0 aromatic heterocycles. The quantitative estimate of drug-likeness (QED) is 0.846. The minimum absolute atomic E-state index is 0.136. The lowest BCUT2D eigenvalue weighted by molar-refractivity contribution is -0.121. The standard InChI is InChI=1S/C18H24N4O3/c1-11-5-6-12(2)15(9-11)22-17(24)8-7-14(21-22)18(25)20-13(3)10-16(23)19-4/h5-6,9,13H,7-8,10H2,1-4H3,(H,19,23)(H,20,25). The van der Waals surface area contributed by atoms with Crippen molar-refractivity contribution in [2.45, 2.75) is 46.1 Å². The van der Waals surface area contributed by atoms with E-state index in [1.807, 2.05) is 32.0 Å². The molecule has 1 heterocycles. The molecule has 1 aromatic carbocycles. The van der Waals surface area contributed by atoms with Gasteiger partial charge in [0.05, 0.1) is 5.69 Å². The van der Waals surface area contributed by atoms with Crippen LogP contribution in [0.5, 0.6) is 0 Å².